The Morgan fingerprint density at radius 1 is 1.50 bits per heavy atom. The maximum atomic E-state index is 10.9. The number of hydrogen-bond acceptors (Lipinski definition) is 4. The molecule has 0 spiro atoms. The van der Waals surface area contributed by atoms with Crippen molar-refractivity contribution in [2.75, 3.05) is 0 Å². The molecule has 6 nitrogen and oxygen atoms in total. The molecule has 0 aromatic rings. The predicted molar refractivity (Wildman–Crippen MR) is 49.1 cm³/mol. The molecule has 1 amide bonds. The molecular weight excluding hydrogens is 188 g/mol. The van der Waals surface area contributed by atoms with Gasteiger partial charge in [-0.1, -0.05) is 6.92 Å². The lowest BCUT2D eigenvalue weighted by Gasteiger charge is -2.14. The number of nitro groups is 1. The summed E-state index contributed by atoms with van der Waals surface area (Å²) < 4.78 is 0. The Kier molecular flexibility index (Phi) is 4.76. The average Bonchev–Trinajstić information content (AvgIpc) is 2.12. The van der Waals surface area contributed by atoms with Crippen LogP contribution >= 0.6 is 0 Å². The van der Waals surface area contributed by atoms with E-state index in [1.165, 1.54) is 6.92 Å². The summed E-state index contributed by atoms with van der Waals surface area (Å²) in [6.07, 6.45) is 0.329. The van der Waals surface area contributed by atoms with E-state index in [0.29, 0.717) is 6.42 Å². The smallest absolute Gasteiger partial charge is 0.284 e. The summed E-state index contributed by atoms with van der Waals surface area (Å²) in [7, 11) is 0. The quantitative estimate of drug-likeness (QED) is 0.375. The standard InChI is InChI=1S/C8H14N2O4/c1-3-6(5(2)10(13)14)4-7(11)8(9)12/h5-6H,3-4H2,1-2H3,(H2,9,12). The number of carbonyl (C=O) groups excluding carboxylic acids is 2. The molecule has 0 saturated heterocycles. The van der Waals surface area contributed by atoms with Crippen molar-refractivity contribution in [3.8, 4) is 0 Å². The van der Waals surface area contributed by atoms with Crippen LogP contribution in [0.25, 0.3) is 0 Å². The third-order valence-electron chi connectivity index (χ3n) is 2.26. The average molecular weight is 202 g/mol. The molecule has 0 aliphatic rings. The van der Waals surface area contributed by atoms with E-state index < -0.39 is 28.6 Å². The fourth-order valence-corrected chi connectivity index (χ4v) is 1.17. The van der Waals surface area contributed by atoms with Crippen LogP contribution < -0.4 is 5.73 Å². The Hall–Kier alpha value is -1.46. The minimum atomic E-state index is -1.03. The molecular formula is C8H14N2O4. The minimum absolute atomic E-state index is 0.145. The van der Waals surface area contributed by atoms with Crippen LogP contribution in [-0.4, -0.2) is 22.7 Å². The fraction of sp³-hybridized carbons (Fsp3) is 0.750. The Balaban J connectivity index is 4.36. The number of Topliss-reactive ketones (excluding diaryl/α,β-unsaturated/α-hetero) is 1. The SMILES string of the molecule is CCC(CC(=O)C(N)=O)C(C)[N+](=O)[O-]. The second-order valence-corrected chi connectivity index (χ2v) is 3.19. The molecule has 0 fully saturated rings. The Morgan fingerprint density at radius 3 is 2.29 bits per heavy atom. The van der Waals surface area contributed by atoms with Gasteiger partial charge in [0.1, 0.15) is 0 Å². The van der Waals surface area contributed by atoms with Crippen molar-refractivity contribution in [1.82, 2.24) is 0 Å². The van der Waals surface area contributed by atoms with E-state index in [0.717, 1.165) is 0 Å². The van der Waals surface area contributed by atoms with Gasteiger partial charge in [-0.3, -0.25) is 19.7 Å². The Bertz CT molecular complexity index is 252. The molecule has 2 unspecified atom stereocenters. The Labute approximate surface area is 81.6 Å². The van der Waals surface area contributed by atoms with Crippen molar-refractivity contribution >= 4 is 11.7 Å². The largest absolute Gasteiger partial charge is 0.363 e. The van der Waals surface area contributed by atoms with Gasteiger partial charge < -0.3 is 5.73 Å². The van der Waals surface area contributed by atoms with Crippen LogP contribution in [0.4, 0.5) is 0 Å². The minimum Gasteiger partial charge on any atom is -0.363 e. The van der Waals surface area contributed by atoms with Crippen LogP contribution in [-0.2, 0) is 9.59 Å². The summed E-state index contributed by atoms with van der Waals surface area (Å²) in [5.74, 6) is -2.20. The summed E-state index contributed by atoms with van der Waals surface area (Å²) >= 11 is 0. The van der Waals surface area contributed by atoms with Crippen LogP contribution in [0, 0.1) is 16.0 Å². The highest BCUT2D eigenvalue weighted by Crippen LogP contribution is 2.15. The third-order valence-corrected chi connectivity index (χ3v) is 2.26. The van der Waals surface area contributed by atoms with Crippen molar-refractivity contribution in [1.29, 1.82) is 0 Å². The highest BCUT2D eigenvalue weighted by Gasteiger charge is 2.28. The van der Waals surface area contributed by atoms with Crippen LogP contribution in [0.2, 0.25) is 0 Å². The van der Waals surface area contributed by atoms with Crippen molar-refractivity contribution in [2.45, 2.75) is 32.7 Å². The molecule has 0 heterocycles. The number of nitrogens with two attached hydrogens (primary N) is 1. The zero-order chi connectivity index (χ0) is 11.3. The fourth-order valence-electron chi connectivity index (χ4n) is 1.17. The van der Waals surface area contributed by atoms with Crippen molar-refractivity contribution in [2.24, 2.45) is 11.7 Å². The maximum Gasteiger partial charge on any atom is 0.284 e. The summed E-state index contributed by atoms with van der Waals surface area (Å²) in [5, 5.41) is 10.4. The predicted octanol–water partition coefficient (Wildman–Crippen LogP) is 0.122. The van der Waals surface area contributed by atoms with E-state index in [2.05, 4.69) is 0 Å². The van der Waals surface area contributed by atoms with Gasteiger partial charge in [0.25, 0.3) is 5.91 Å². The first kappa shape index (κ1) is 12.5. The van der Waals surface area contributed by atoms with Gasteiger partial charge in [-0.25, -0.2) is 0 Å². The third kappa shape index (κ3) is 3.51. The molecule has 14 heavy (non-hydrogen) atoms. The summed E-state index contributed by atoms with van der Waals surface area (Å²) in [6.45, 7) is 3.15. The number of ketones is 1. The van der Waals surface area contributed by atoms with E-state index in [1.54, 1.807) is 6.92 Å². The lowest BCUT2D eigenvalue weighted by atomic mass is 9.93. The first-order chi connectivity index (χ1) is 6.40. The number of nitrogens with zero attached hydrogens (tertiary/aromatic N) is 1. The molecule has 0 aromatic carbocycles. The number of primary amides is 1. The molecule has 0 aromatic heterocycles. The summed E-state index contributed by atoms with van der Waals surface area (Å²) in [4.78, 5) is 31.4. The van der Waals surface area contributed by atoms with Gasteiger partial charge in [0.2, 0.25) is 11.8 Å². The molecule has 0 bridgehead atoms. The van der Waals surface area contributed by atoms with Crippen LogP contribution in [0.3, 0.4) is 0 Å². The number of hydrogen-bond donors (Lipinski definition) is 1. The van der Waals surface area contributed by atoms with Gasteiger partial charge in [0, 0.05) is 24.2 Å². The molecule has 0 aliphatic heterocycles. The second-order valence-electron chi connectivity index (χ2n) is 3.19. The molecule has 0 aliphatic carbocycles. The van der Waals surface area contributed by atoms with Gasteiger partial charge in [-0.2, -0.15) is 0 Å². The number of rotatable bonds is 6. The monoisotopic (exact) mass is 202 g/mol. The summed E-state index contributed by atoms with van der Waals surface area (Å²) in [6, 6.07) is -0.830. The van der Waals surface area contributed by atoms with Crippen molar-refractivity contribution in [3.63, 3.8) is 0 Å². The van der Waals surface area contributed by atoms with Gasteiger partial charge in [0.05, 0.1) is 0 Å². The van der Waals surface area contributed by atoms with E-state index in [4.69, 9.17) is 5.73 Å². The highest BCUT2D eigenvalue weighted by molar-refractivity contribution is 6.35. The maximum absolute atomic E-state index is 10.9. The van der Waals surface area contributed by atoms with Gasteiger partial charge in [-0.05, 0) is 6.42 Å². The van der Waals surface area contributed by atoms with Crippen molar-refractivity contribution < 1.29 is 14.5 Å². The first-order valence-corrected chi connectivity index (χ1v) is 4.36. The molecule has 2 atom stereocenters. The normalized spacial score (nSPS) is 14.4. The summed E-state index contributed by atoms with van der Waals surface area (Å²) in [5.41, 5.74) is 4.76. The van der Waals surface area contributed by atoms with Crippen molar-refractivity contribution in [3.05, 3.63) is 10.1 Å². The van der Waals surface area contributed by atoms with Gasteiger partial charge in [0.15, 0.2) is 0 Å². The van der Waals surface area contributed by atoms with Crippen LogP contribution in [0.5, 0.6) is 0 Å². The molecule has 0 rings (SSSR count). The van der Waals surface area contributed by atoms with Crippen LogP contribution in [0.1, 0.15) is 26.7 Å². The topological polar surface area (TPSA) is 103 Å². The lowest BCUT2D eigenvalue weighted by Crippen LogP contribution is -2.32. The first-order valence-electron chi connectivity index (χ1n) is 4.36. The van der Waals surface area contributed by atoms with Gasteiger partial charge >= 0.3 is 0 Å². The zero-order valence-corrected chi connectivity index (χ0v) is 8.23. The number of carbonyl (C=O) groups is 2. The molecule has 2 N–H and O–H groups in total. The molecule has 80 valence electrons. The van der Waals surface area contributed by atoms with E-state index in [1.807, 2.05) is 0 Å². The zero-order valence-electron chi connectivity index (χ0n) is 8.23. The van der Waals surface area contributed by atoms with E-state index in [-0.39, 0.29) is 6.42 Å². The van der Waals surface area contributed by atoms with E-state index in [9.17, 15) is 19.7 Å². The second kappa shape index (κ2) is 5.31. The molecule has 0 saturated carbocycles. The molecule has 6 heteroatoms. The highest BCUT2D eigenvalue weighted by atomic mass is 16.6. The number of amides is 1. The molecule has 0 radical (unpaired) electrons. The van der Waals surface area contributed by atoms with E-state index >= 15 is 0 Å². The van der Waals surface area contributed by atoms with Crippen LogP contribution in [0.15, 0.2) is 0 Å². The lowest BCUT2D eigenvalue weighted by molar-refractivity contribution is -0.527. The van der Waals surface area contributed by atoms with Gasteiger partial charge in [-0.15, -0.1) is 0 Å². The Morgan fingerprint density at radius 2 is 2.00 bits per heavy atom.